The van der Waals surface area contributed by atoms with E-state index in [2.05, 4.69) is 4.99 Å². The number of halogens is 2. The van der Waals surface area contributed by atoms with E-state index < -0.39 is 11.8 Å². The largest absolute Gasteiger partial charge is 0.493 e. The molecule has 33 heavy (non-hydrogen) atoms. The first kappa shape index (κ1) is 22.2. The molecule has 166 valence electrons. The zero-order valence-corrected chi connectivity index (χ0v) is 18.1. The van der Waals surface area contributed by atoms with E-state index in [4.69, 9.17) is 25.8 Å². The zero-order chi connectivity index (χ0) is 23.4. The van der Waals surface area contributed by atoms with E-state index in [1.54, 1.807) is 42.5 Å². The van der Waals surface area contributed by atoms with Crippen molar-refractivity contribution < 1.29 is 28.2 Å². The second-order valence-electron chi connectivity index (χ2n) is 6.96. The smallest absolute Gasteiger partial charge is 0.363 e. The van der Waals surface area contributed by atoms with E-state index in [9.17, 15) is 14.0 Å². The van der Waals surface area contributed by atoms with Gasteiger partial charge in [0.15, 0.2) is 29.6 Å². The first-order valence-electron chi connectivity index (χ1n) is 9.81. The summed E-state index contributed by atoms with van der Waals surface area (Å²) in [5, 5.41) is 0.183. The van der Waals surface area contributed by atoms with E-state index >= 15 is 0 Å². The molecular formula is C25H17ClFNO5. The molecule has 3 aromatic carbocycles. The lowest BCUT2D eigenvalue weighted by molar-refractivity contribution is -0.129. The van der Waals surface area contributed by atoms with Gasteiger partial charge in [0.2, 0.25) is 5.90 Å². The molecule has 1 aliphatic rings. The monoisotopic (exact) mass is 465 g/mol. The molecule has 0 aromatic heterocycles. The predicted molar refractivity (Wildman–Crippen MR) is 121 cm³/mol. The Morgan fingerprint density at radius 3 is 2.64 bits per heavy atom. The van der Waals surface area contributed by atoms with Crippen molar-refractivity contribution in [2.24, 2.45) is 4.99 Å². The van der Waals surface area contributed by atoms with Crippen LogP contribution in [-0.4, -0.2) is 31.4 Å². The summed E-state index contributed by atoms with van der Waals surface area (Å²) in [6.07, 6.45) is 1.46. The SMILES string of the molecule is COc1cc(/C=C2\N=C(c3cccc(F)c3)OC2=O)cc(Cl)c1OCC(=O)c1ccccc1. The number of methoxy groups -OCH3 is 1. The second kappa shape index (κ2) is 9.67. The lowest BCUT2D eigenvalue weighted by Gasteiger charge is -2.13. The van der Waals surface area contributed by atoms with Crippen LogP contribution < -0.4 is 9.47 Å². The third-order valence-electron chi connectivity index (χ3n) is 4.69. The number of ether oxygens (including phenoxy) is 3. The fourth-order valence-electron chi connectivity index (χ4n) is 3.12. The molecule has 8 heteroatoms. The van der Waals surface area contributed by atoms with Crippen LogP contribution in [0.5, 0.6) is 11.5 Å². The van der Waals surface area contributed by atoms with Crippen molar-refractivity contribution in [1.82, 2.24) is 0 Å². The normalized spacial score (nSPS) is 14.1. The molecule has 0 fully saturated rings. The van der Waals surface area contributed by atoms with Crippen LogP contribution in [0.15, 0.2) is 77.4 Å². The molecule has 0 saturated heterocycles. The Labute approximate surface area is 193 Å². The number of nitrogens with zero attached hydrogens (tertiary/aromatic N) is 1. The quantitative estimate of drug-likeness (QED) is 0.276. The van der Waals surface area contributed by atoms with Gasteiger partial charge in [-0.25, -0.2) is 14.2 Å². The van der Waals surface area contributed by atoms with Crippen LogP contribution in [0.25, 0.3) is 6.08 Å². The maximum absolute atomic E-state index is 13.5. The van der Waals surface area contributed by atoms with E-state index in [-0.39, 0.29) is 40.5 Å². The van der Waals surface area contributed by atoms with Crippen LogP contribution in [0.2, 0.25) is 5.02 Å². The van der Waals surface area contributed by atoms with Crippen molar-refractivity contribution in [3.8, 4) is 11.5 Å². The lowest BCUT2D eigenvalue weighted by atomic mass is 10.1. The maximum atomic E-state index is 13.5. The summed E-state index contributed by atoms with van der Waals surface area (Å²) in [5.74, 6) is -0.893. The van der Waals surface area contributed by atoms with Gasteiger partial charge in [-0.15, -0.1) is 0 Å². The van der Waals surface area contributed by atoms with Crippen molar-refractivity contribution in [2.45, 2.75) is 0 Å². The molecule has 4 rings (SSSR count). The number of cyclic esters (lactones) is 1. The summed E-state index contributed by atoms with van der Waals surface area (Å²) in [4.78, 5) is 28.7. The van der Waals surface area contributed by atoms with Gasteiger partial charge in [0, 0.05) is 11.1 Å². The van der Waals surface area contributed by atoms with Gasteiger partial charge in [0.05, 0.1) is 12.1 Å². The summed E-state index contributed by atoms with van der Waals surface area (Å²) in [7, 11) is 1.43. The van der Waals surface area contributed by atoms with Gasteiger partial charge in [-0.05, 0) is 42.0 Å². The summed E-state index contributed by atoms with van der Waals surface area (Å²) in [6, 6.07) is 17.4. The third kappa shape index (κ3) is 5.10. The van der Waals surface area contributed by atoms with Gasteiger partial charge in [-0.2, -0.15) is 0 Å². The fraction of sp³-hybridized carbons (Fsp3) is 0.0800. The van der Waals surface area contributed by atoms with E-state index in [1.807, 2.05) is 6.07 Å². The van der Waals surface area contributed by atoms with Gasteiger partial charge >= 0.3 is 5.97 Å². The van der Waals surface area contributed by atoms with Crippen molar-refractivity contribution >= 4 is 35.3 Å². The predicted octanol–water partition coefficient (Wildman–Crippen LogP) is 5.09. The molecule has 0 N–H and O–H groups in total. The van der Waals surface area contributed by atoms with Gasteiger partial charge in [0.25, 0.3) is 0 Å². The summed E-state index contributed by atoms with van der Waals surface area (Å²) in [5.41, 5.74) is 1.37. The number of hydrogen-bond acceptors (Lipinski definition) is 6. The summed E-state index contributed by atoms with van der Waals surface area (Å²) >= 11 is 6.37. The van der Waals surface area contributed by atoms with Crippen molar-refractivity contribution in [3.05, 3.63) is 100.0 Å². The highest BCUT2D eigenvalue weighted by Gasteiger charge is 2.25. The van der Waals surface area contributed by atoms with Gasteiger partial charge in [-0.3, -0.25) is 4.79 Å². The van der Waals surface area contributed by atoms with Gasteiger partial charge < -0.3 is 14.2 Å². The highest BCUT2D eigenvalue weighted by atomic mass is 35.5. The number of benzene rings is 3. The summed E-state index contributed by atoms with van der Waals surface area (Å²) in [6.45, 7) is -0.228. The minimum atomic E-state index is -0.682. The highest BCUT2D eigenvalue weighted by molar-refractivity contribution is 6.32. The molecule has 1 aliphatic heterocycles. The van der Waals surface area contributed by atoms with Crippen LogP contribution in [0.4, 0.5) is 4.39 Å². The Kier molecular flexibility index (Phi) is 6.51. The number of carbonyl (C=O) groups excluding carboxylic acids is 2. The van der Waals surface area contributed by atoms with Crippen LogP contribution in [0, 0.1) is 5.82 Å². The fourth-order valence-corrected chi connectivity index (χ4v) is 3.39. The zero-order valence-electron chi connectivity index (χ0n) is 17.4. The number of ketones is 1. The molecule has 1 heterocycles. The van der Waals surface area contributed by atoms with Gasteiger partial charge in [0.1, 0.15) is 5.82 Å². The molecular weight excluding hydrogens is 449 g/mol. The second-order valence-corrected chi connectivity index (χ2v) is 7.37. The Morgan fingerprint density at radius 1 is 1.12 bits per heavy atom. The average Bonchev–Trinajstić information content (AvgIpc) is 3.18. The minimum absolute atomic E-state index is 0.00295. The molecule has 0 amide bonds. The van der Waals surface area contributed by atoms with Crippen molar-refractivity contribution in [3.63, 3.8) is 0 Å². The van der Waals surface area contributed by atoms with E-state index in [0.717, 1.165) is 0 Å². The topological polar surface area (TPSA) is 74.2 Å². The maximum Gasteiger partial charge on any atom is 0.363 e. The molecule has 0 spiro atoms. The Bertz CT molecular complexity index is 1290. The molecule has 0 bridgehead atoms. The first-order chi connectivity index (χ1) is 15.9. The lowest BCUT2D eigenvalue weighted by Crippen LogP contribution is -2.12. The summed E-state index contributed by atoms with van der Waals surface area (Å²) < 4.78 is 29.6. The number of rotatable bonds is 7. The highest BCUT2D eigenvalue weighted by Crippen LogP contribution is 2.37. The van der Waals surface area contributed by atoms with Crippen LogP contribution >= 0.6 is 11.6 Å². The molecule has 3 aromatic rings. The van der Waals surface area contributed by atoms with Gasteiger partial charge in [-0.1, -0.05) is 48.0 Å². The standard InChI is InChI=1S/C25H17ClFNO5/c1-31-22-12-15(10-19(26)23(22)32-14-21(29)16-6-3-2-4-7-16)11-20-25(30)33-24(28-20)17-8-5-9-18(27)13-17/h2-13H,14H2,1H3/b20-11-. The molecule has 0 unspecified atom stereocenters. The molecule has 0 saturated carbocycles. The van der Waals surface area contributed by atoms with E-state index in [1.165, 1.54) is 31.4 Å². The first-order valence-corrected chi connectivity index (χ1v) is 10.2. The van der Waals surface area contributed by atoms with Crippen LogP contribution in [0.3, 0.4) is 0 Å². The molecule has 0 atom stereocenters. The van der Waals surface area contributed by atoms with Crippen LogP contribution in [0.1, 0.15) is 21.5 Å². The Morgan fingerprint density at radius 2 is 1.91 bits per heavy atom. The van der Waals surface area contributed by atoms with Crippen molar-refractivity contribution in [1.29, 1.82) is 0 Å². The Balaban J connectivity index is 1.57. The van der Waals surface area contributed by atoms with E-state index in [0.29, 0.717) is 16.7 Å². The number of esters is 1. The number of carbonyl (C=O) groups is 2. The molecule has 0 radical (unpaired) electrons. The molecule has 6 nitrogen and oxygen atoms in total. The van der Waals surface area contributed by atoms with Crippen LogP contribution in [-0.2, 0) is 9.53 Å². The van der Waals surface area contributed by atoms with Crippen molar-refractivity contribution in [2.75, 3.05) is 13.7 Å². The molecule has 0 aliphatic carbocycles. The Hall–Kier alpha value is -3.97. The number of aliphatic imine (C=N–C) groups is 1. The third-order valence-corrected chi connectivity index (χ3v) is 4.97. The number of Topliss-reactive ketones (excluding diaryl/α,β-unsaturated/α-hetero) is 1. The number of hydrogen-bond donors (Lipinski definition) is 0. The minimum Gasteiger partial charge on any atom is -0.493 e. The average molecular weight is 466 g/mol.